The average Bonchev–Trinajstić information content (AvgIpc) is 3.41. The fourth-order valence-corrected chi connectivity index (χ4v) is 8.83. The Morgan fingerprint density at radius 3 is 2.93 bits per heavy atom. The molecule has 3 aliphatic heterocycles. The van der Waals surface area contributed by atoms with Crippen molar-refractivity contribution < 1.29 is 10.2 Å². The molecule has 1 spiro atoms. The van der Waals surface area contributed by atoms with Crippen molar-refractivity contribution in [1.29, 1.82) is 0 Å². The van der Waals surface area contributed by atoms with E-state index in [1.54, 1.807) is 0 Å². The minimum atomic E-state index is -0.665. The summed E-state index contributed by atoms with van der Waals surface area (Å²) < 4.78 is 0.500. The molecule has 8 unspecified atom stereocenters. The van der Waals surface area contributed by atoms with E-state index in [0.29, 0.717) is 16.5 Å². The van der Waals surface area contributed by atoms with E-state index in [1.807, 2.05) is 30.4 Å². The number of aliphatic hydroxyl groups excluding tert-OH is 2. The molecule has 174 valence electrons. The molecule has 1 saturated carbocycles. The van der Waals surface area contributed by atoms with Crippen LogP contribution in [0.5, 0.6) is 0 Å². The second kappa shape index (κ2) is 10.3. The van der Waals surface area contributed by atoms with Gasteiger partial charge in [-0.15, -0.1) is 35.1 Å². The maximum absolute atomic E-state index is 11.2. The van der Waals surface area contributed by atoms with Gasteiger partial charge in [0.15, 0.2) is 6.35 Å². The van der Waals surface area contributed by atoms with Crippen LogP contribution in [0.15, 0.2) is 0 Å². The van der Waals surface area contributed by atoms with Crippen molar-refractivity contribution >= 4 is 35.1 Å². The van der Waals surface area contributed by atoms with Gasteiger partial charge in [0.05, 0.1) is 4.58 Å². The standard InChI is InChI=1S/C20H38ClN5O2S2/c1-13(27)25-7-5-20(11-25)12-26(16-4-3-14(21)9-15(16)20)19(28)24-18-23-10-17(30-18)29-8-2-6-22/h13-19,23-24,27-28H,2-12,22H2,1H3. The number of thioether (sulfide) groups is 2. The Labute approximate surface area is 194 Å². The molecular formula is C20H38ClN5O2S2. The van der Waals surface area contributed by atoms with E-state index in [9.17, 15) is 10.2 Å². The van der Waals surface area contributed by atoms with Crippen molar-refractivity contribution in [1.82, 2.24) is 20.4 Å². The average molecular weight is 480 g/mol. The summed E-state index contributed by atoms with van der Waals surface area (Å²) in [6.45, 7) is 6.23. The predicted octanol–water partition coefficient (Wildman–Crippen LogP) is 1.00. The van der Waals surface area contributed by atoms with Gasteiger partial charge >= 0.3 is 0 Å². The van der Waals surface area contributed by atoms with Crippen molar-refractivity contribution in [3.8, 4) is 0 Å². The number of nitrogens with two attached hydrogens (primary N) is 1. The molecule has 4 rings (SSSR count). The van der Waals surface area contributed by atoms with E-state index < -0.39 is 12.6 Å². The molecule has 6 N–H and O–H groups in total. The molecule has 4 aliphatic rings. The Morgan fingerprint density at radius 1 is 1.37 bits per heavy atom. The zero-order chi connectivity index (χ0) is 21.3. The molecule has 0 radical (unpaired) electrons. The molecule has 0 amide bonds. The minimum Gasteiger partial charge on any atom is -0.379 e. The van der Waals surface area contributed by atoms with Crippen LogP contribution >= 0.6 is 35.1 Å². The Morgan fingerprint density at radius 2 is 2.20 bits per heavy atom. The quantitative estimate of drug-likeness (QED) is 0.198. The van der Waals surface area contributed by atoms with Gasteiger partial charge in [-0.3, -0.25) is 20.4 Å². The van der Waals surface area contributed by atoms with Gasteiger partial charge in [0.1, 0.15) is 11.7 Å². The number of hydrogen-bond acceptors (Lipinski definition) is 9. The number of likely N-dealkylation sites (tertiary alicyclic amines) is 2. The van der Waals surface area contributed by atoms with Gasteiger partial charge in [0.25, 0.3) is 0 Å². The lowest BCUT2D eigenvalue weighted by molar-refractivity contribution is -0.0444. The van der Waals surface area contributed by atoms with Crippen molar-refractivity contribution in [3.63, 3.8) is 0 Å². The van der Waals surface area contributed by atoms with Crippen LogP contribution in [-0.4, -0.2) is 92.6 Å². The first-order chi connectivity index (χ1) is 14.4. The molecule has 3 saturated heterocycles. The molecule has 8 atom stereocenters. The van der Waals surface area contributed by atoms with Crippen LogP contribution in [0.2, 0.25) is 0 Å². The van der Waals surface area contributed by atoms with Crippen LogP contribution in [-0.2, 0) is 0 Å². The van der Waals surface area contributed by atoms with E-state index in [4.69, 9.17) is 17.3 Å². The monoisotopic (exact) mass is 479 g/mol. The summed E-state index contributed by atoms with van der Waals surface area (Å²) in [7, 11) is 0. The zero-order valence-corrected chi connectivity index (χ0v) is 20.3. The molecule has 7 nitrogen and oxygen atoms in total. The van der Waals surface area contributed by atoms with Gasteiger partial charge in [-0.2, -0.15) is 0 Å². The van der Waals surface area contributed by atoms with E-state index >= 15 is 0 Å². The number of nitrogens with one attached hydrogen (secondary N) is 2. The third-order valence-corrected chi connectivity index (χ3v) is 10.7. The Balaban J connectivity index is 1.37. The number of halogens is 1. The molecule has 10 heteroatoms. The lowest BCUT2D eigenvalue weighted by Crippen LogP contribution is -2.54. The molecule has 0 aromatic rings. The molecule has 30 heavy (non-hydrogen) atoms. The van der Waals surface area contributed by atoms with Gasteiger partial charge in [-0.25, -0.2) is 0 Å². The van der Waals surface area contributed by atoms with Crippen molar-refractivity contribution in [2.24, 2.45) is 17.1 Å². The first-order valence-corrected chi connectivity index (χ1v) is 13.8. The Hall–Kier alpha value is 0.710. The fraction of sp³-hybridized carbons (Fsp3) is 1.00. The van der Waals surface area contributed by atoms with Crippen LogP contribution in [0.3, 0.4) is 0 Å². The predicted molar refractivity (Wildman–Crippen MR) is 126 cm³/mol. The highest BCUT2D eigenvalue weighted by molar-refractivity contribution is 8.17. The summed E-state index contributed by atoms with van der Waals surface area (Å²) in [5.74, 6) is 1.57. The highest BCUT2D eigenvalue weighted by Crippen LogP contribution is 2.53. The maximum atomic E-state index is 11.2. The molecule has 0 aromatic carbocycles. The third-order valence-electron chi connectivity index (χ3n) is 7.43. The van der Waals surface area contributed by atoms with E-state index in [2.05, 4.69) is 20.4 Å². The minimum absolute atomic E-state index is 0.0623. The smallest absolute Gasteiger partial charge is 0.165 e. The Kier molecular flexibility index (Phi) is 8.21. The highest BCUT2D eigenvalue weighted by atomic mass is 35.5. The normalized spacial score (nSPS) is 42.1. The lowest BCUT2D eigenvalue weighted by atomic mass is 9.69. The van der Waals surface area contributed by atoms with Gasteiger partial charge in [0.2, 0.25) is 0 Å². The summed E-state index contributed by atoms with van der Waals surface area (Å²) in [4.78, 5) is 4.46. The van der Waals surface area contributed by atoms with E-state index in [-0.39, 0.29) is 16.3 Å². The second-order valence-electron chi connectivity index (χ2n) is 9.38. The molecule has 4 fully saturated rings. The summed E-state index contributed by atoms with van der Waals surface area (Å²) in [5, 5.41) is 28.4. The SMILES string of the molecule is CC(O)N1CCC2(C1)CN(C(O)NC1NCC(SCCCN)S1)C1CCC(Cl)CC12. The lowest BCUT2D eigenvalue weighted by Gasteiger charge is -2.39. The second-order valence-corrected chi connectivity index (χ2v) is 12.9. The Bertz CT molecular complexity index is 579. The van der Waals surface area contributed by atoms with Gasteiger partial charge in [-0.05, 0) is 57.2 Å². The maximum Gasteiger partial charge on any atom is 0.165 e. The summed E-state index contributed by atoms with van der Waals surface area (Å²) in [6, 6.07) is 0.359. The van der Waals surface area contributed by atoms with Crippen molar-refractivity contribution in [2.75, 3.05) is 38.5 Å². The summed E-state index contributed by atoms with van der Waals surface area (Å²) in [6.07, 6.45) is 4.11. The van der Waals surface area contributed by atoms with Gasteiger partial charge in [-0.1, -0.05) is 0 Å². The van der Waals surface area contributed by atoms with Crippen LogP contribution in [0.25, 0.3) is 0 Å². The third kappa shape index (κ3) is 5.11. The summed E-state index contributed by atoms with van der Waals surface area (Å²) in [5.41, 5.74) is 5.78. The van der Waals surface area contributed by atoms with Crippen LogP contribution in [0.4, 0.5) is 0 Å². The van der Waals surface area contributed by atoms with Crippen LogP contribution in [0, 0.1) is 11.3 Å². The molecule has 3 heterocycles. The first-order valence-electron chi connectivity index (χ1n) is 11.4. The molecule has 0 bridgehead atoms. The number of fused-ring (bicyclic) bond motifs is 2. The fourth-order valence-electron chi connectivity index (χ4n) is 5.88. The van der Waals surface area contributed by atoms with E-state index in [1.165, 1.54) is 0 Å². The van der Waals surface area contributed by atoms with E-state index in [0.717, 1.165) is 70.6 Å². The van der Waals surface area contributed by atoms with Crippen LogP contribution in [0.1, 0.15) is 39.0 Å². The largest absolute Gasteiger partial charge is 0.379 e. The molecule has 0 aromatic heterocycles. The number of hydrogen-bond donors (Lipinski definition) is 5. The number of nitrogens with zero attached hydrogens (tertiary/aromatic N) is 2. The zero-order valence-electron chi connectivity index (χ0n) is 17.9. The van der Waals surface area contributed by atoms with Gasteiger partial charge in [0, 0.05) is 43.0 Å². The highest BCUT2D eigenvalue weighted by Gasteiger charge is 2.58. The molecular weight excluding hydrogens is 442 g/mol. The van der Waals surface area contributed by atoms with Crippen LogP contribution < -0.4 is 16.4 Å². The topological polar surface area (TPSA) is 97.0 Å². The first kappa shape index (κ1) is 23.9. The van der Waals surface area contributed by atoms with Gasteiger partial charge < -0.3 is 15.9 Å². The number of rotatable bonds is 8. The molecule has 1 aliphatic carbocycles. The number of alkyl halides is 1. The van der Waals surface area contributed by atoms with Crippen molar-refractivity contribution in [2.45, 2.75) is 73.1 Å². The number of aliphatic hydroxyl groups is 2. The van der Waals surface area contributed by atoms with Crippen molar-refractivity contribution in [3.05, 3.63) is 0 Å². The summed E-state index contributed by atoms with van der Waals surface area (Å²) >= 11 is 10.4.